The van der Waals surface area contributed by atoms with Crippen molar-refractivity contribution in [3.05, 3.63) is 35.9 Å². The minimum Gasteiger partial charge on any atom is -0.461 e. The Hall–Kier alpha value is -2.61. The van der Waals surface area contributed by atoms with Crippen molar-refractivity contribution in [1.82, 2.24) is 19.7 Å². The van der Waals surface area contributed by atoms with E-state index in [1.807, 2.05) is 13.2 Å². The highest BCUT2D eigenvalue weighted by Crippen LogP contribution is 2.29. The molecular formula is C17H23N5O3. The molecule has 1 amide bonds. The van der Waals surface area contributed by atoms with Crippen LogP contribution in [0.5, 0.6) is 0 Å². The molecule has 0 spiro atoms. The third-order valence-corrected chi connectivity index (χ3v) is 4.46. The molecule has 2 aromatic heterocycles. The predicted octanol–water partition coefficient (Wildman–Crippen LogP) is 0.877. The molecule has 3 rings (SSSR count). The fourth-order valence-corrected chi connectivity index (χ4v) is 3.21. The van der Waals surface area contributed by atoms with Crippen LogP contribution in [0.1, 0.15) is 28.9 Å². The number of carbonyl (C=O) groups excluding carboxylic acids is 2. The summed E-state index contributed by atoms with van der Waals surface area (Å²) < 4.78 is 8.41. The molecule has 0 saturated carbocycles. The third-order valence-electron chi connectivity index (χ3n) is 4.46. The van der Waals surface area contributed by atoms with E-state index in [1.165, 1.54) is 0 Å². The van der Waals surface area contributed by atoms with E-state index in [1.54, 1.807) is 41.7 Å². The summed E-state index contributed by atoms with van der Waals surface area (Å²) in [6.45, 7) is 3.43. The van der Waals surface area contributed by atoms with Crippen LogP contribution in [-0.2, 0) is 23.6 Å². The van der Waals surface area contributed by atoms with Crippen molar-refractivity contribution in [2.45, 2.75) is 12.8 Å². The maximum absolute atomic E-state index is 12.7. The van der Waals surface area contributed by atoms with Crippen molar-refractivity contribution in [1.29, 1.82) is 0 Å². The Bertz CT molecular complexity index is 779. The normalized spacial score (nSPS) is 19.8. The number of hydrogen-bond acceptors (Lipinski definition) is 5. The lowest BCUT2D eigenvalue weighted by molar-refractivity contribution is -0.119. The Morgan fingerprint density at radius 2 is 2.16 bits per heavy atom. The second-order valence-electron chi connectivity index (χ2n) is 6.25. The molecule has 134 valence electrons. The highest BCUT2D eigenvalue weighted by Gasteiger charge is 2.35. The molecule has 1 aliphatic rings. The second kappa shape index (κ2) is 7.10. The molecule has 8 heteroatoms. The number of nitrogens with one attached hydrogen (secondary N) is 2. The molecule has 0 aliphatic carbocycles. The summed E-state index contributed by atoms with van der Waals surface area (Å²) in [4.78, 5) is 24.6. The van der Waals surface area contributed by atoms with Crippen molar-refractivity contribution in [2.24, 2.45) is 20.0 Å². The fraction of sp³-hybridized carbons (Fsp3) is 0.471. The lowest BCUT2D eigenvalue weighted by atomic mass is 9.90. The molecule has 8 nitrogen and oxygen atoms in total. The molecule has 0 aromatic carbocycles. The molecule has 1 saturated heterocycles. The zero-order valence-corrected chi connectivity index (χ0v) is 14.7. The fourth-order valence-electron chi connectivity index (χ4n) is 3.21. The van der Waals surface area contributed by atoms with Gasteiger partial charge >= 0.3 is 5.97 Å². The summed E-state index contributed by atoms with van der Waals surface area (Å²) >= 11 is 0. The molecule has 2 atom stereocenters. The maximum Gasteiger partial charge on any atom is 0.355 e. The van der Waals surface area contributed by atoms with Gasteiger partial charge in [-0.05, 0) is 18.6 Å². The molecular weight excluding hydrogens is 322 g/mol. The number of ether oxygens (including phenoxy) is 1. The minimum atomic E-state index is -0.402. The summed E-state index contributed by atoms with van der Waals surface area (Å²) in [7, 11) is 3.61. The molecule has 2 N–H and O–H groups in total. The van der Waals surface area contributed by atoms with Gasteiger partial charge in [-0.15, -0.1) is 0 Å². The van der Waals surface area contributed by atoms with Gasteiger partial charge in [-0.3, -0.25) is 9.48 Å². The van der Waals surface area contributed by atoms with Crippen LogP contribution in [0.25, 0.3) is 0 Å². The van der Waals surface area contributed by atoms with Crippen LogP contribution in [0, 0.1) is 5.92 Å². The van der Waals surface area contributed by atoms with E-state index in [9.17, 15) is 9.59 Å². The molecule has 0 bridgehead atoms. The first-order chi connectivity index (χ1) is 12.0. The molecule has 1 fully saturated rings. The van der Waals surface area contributed by atoms with Gasteiger partial charge in [0.1, 0.15) is 5.69 Å². The van der Waals surface area contributed by atoms with E-state index in [0.29, 0.717) is 24.5 Å². The van der Waals surface area contributed by atoms with Gasteiger partial charge < -0.3 is 19.9 Å². The largest absolute Gasteiger partial charge is 0.461 e. The van der Waals surface area contributed by atoms with Crippen LogP contribution < -0.4 is 10.6 Å². The zero-order chi connectivity index (χ0) is 18.0. The molecule has 0 unspecified atom stereocenters. The topological polar surface area (TPSA) is 90.2 Å². The summed E-state index contributed by atoms with van der Waals surface area (Å²) in [5, 5.41) is 10.4. The number of nitrogens with zero attached hydrogens (tertiary/aromatic N) is 3. The average Bonchev–Trinajstić information content (AvgIpc) is 3.26. The molecule has 25 heavy (non-hydrogen) atoms. The van der Waals surface area contributed by atoms with Crippen molar-refractivity contribution in [3.63, 3.8) is 0 Å². The van der Waals surface area contributed by atoms with Gasteiger partial charge in [-0.2, -0.15) is 5.10 Å². The minimum absolute atomic E-state index is 0.0696. The van der Waals surface area contributed by atoms with Crippen molar-refractivity contribution < 1.29 is 14.3 Å². The number of hydrogen-bond donors (Lipinski definition) is 2. The van der Waals surface area contributed by atoms with Crippen molar-refractivity contribution >= 4 is 17.6 Å². The maximum atomic E-state index is 12.7. The first-order valence-electron chi connectivity index (χ1n) is 8.33. The summed E-state index contributed by atoms with van der Waals surface area (Å²) in [6, 6.07) is 1.64. The van der Waals surface area contributed by atoms with Gasteiger partial charge in [0.2, 0.25) is 5.91 Å². The number of esters is 1. The van der Waals surface area contributed by atoms with Gasteiger partial charge in [0.15, 0.2) is 0 Å². The highest BCUT2D eigenvalue weighted by atomic mass is 16.5. The third kappa shape index (κ3) is 3.58. The van der Waals surface area contributed by atoms with Crippen LogP contribution in [-0.4, -0.2) is 45.9 Å². The van der Waals surface area contributed by atoms with E-state index < -0.39 is 5.97 Å². The van der Waals surface area contributed by atoms with Crippen molar-refractivity contribution in [3.8, 4) is 0 Å². The van der Waals surface area contributed by atoms with Crippen LogP contribution in [0.3, 0.4) is 0 Å². The molecule has 3 heterocycles. The predicted molar refractivity (Wildman–Crippen MR) is 92.3 cm³/mol. The van der Waals surface area contributed by atoms with E-state index in [2.05, 4.69) is 15.7 Å². The number of carbonyl (C=O) groups is 2. The van der Waals surface area contributed by atoms with Crippen LogP contribution in [0.4, 0.5) is 5.69 Å². The first-order valence-corrected chi connectivity index (χ1v) is 8.33. The van der Waals surface area contributed by atoms with Gasteiger partial charge in [0.05, 0.1) is 24.4 Å². The number of aromatic nitrogens is 3. The number of rotatable bonds is 5. The Morgan fingerprint density at radius 1 is 1.36 bits per heavy atom. The Morgan fingerprint density at radius 3 is 2.84 bits per heavy atom. The number of aryl methyl sites for hydroxylation is 2. The van der Waals surface area contributed by atoms with Gasteiger partial charge in [0, 0.05) is 45.5 Å². The Kier molecular flexibility index (Phi) is 4.89. The SMILES string of the molecule is CCOC(=O)c1cc(NC(=O)[C@H]2CNC[C@@H]2c2cnn(C)c2)cn1C. The van der Waals surface area contributed by atoms with Gasteiger partial charge in [0.25, 0.3) is 0 Å². The summed E-state index contributed by atoms with van der Waals surface area (Å²) in [5.74, 6) is -0.571. The van der Waals surface area contributed by atoms with E-state index in [-0.39, 0.29) is 17.7 Å². The molecule has 2 aromatic rings. The van der Waals surface area contributed by atoms with E-state index in [4.69, 9.17) is 4.74 Å². The first kappa shape index (κ1) is 17.2. The number of amides is 1. The highest BCUT2D eigenvalue weighted by molar-refractivity contribution is 5.96. The standard InChI is InChI=1S/C17H23N5O3/c1-4-25-17(24)15-5-12(10-21(15)2)20-16(23)14-8-18-7-13(14)11-6-19-22(3)9-11/h5-6,9-10,13-14,18H,4,7-8H2,1-3H3,(H,20,23)/t13-,14+/m1/s1. The smallest absolute Gasteiger partial charge is 0.355 e. The number of anilines is 1. The average molecular weight is 345 g/mol. The molecule has 1 aliphatic heterocycles. The van der Waals surface area contributed by atoms with Crippen molar-refractivity contribution in [2.75, 3.05) is 25.0 Å². The second-order valence-corrected chi connectivity index (χ2v) is 6.25. The monoisotopic (exact) mass is 345 g/mol. The van der Waals surface area contributed by atoms with Crippen LogP contribution >= 0.6 is 0 Å². The van der Waals surface area contributed by atoms with Crippen LogP contribution in [0.15, 0.2) is 24.7 Å². The quantitative estimate of drug-likeness (QED) is 0.785. The van der Waals surface area contributed by atoms with E-state index in [0.717, 1.165) is 12.1 Å². The lowest BCUT2D eigenvalue weighted by Crippen LogP contribution is -2.27. The van der Waals surface area contributed by atoms with Crippen LogP contribution in [0.2, 0.25) is 0 Å². The lowest BCUT2D eigenvalue weighted by Gasteiger charge is -2.16. The van der Waals surface area contributed by atoms with Gasteiger partial charge in [-0.1, -0.05) is 0 Å². The van der Waals surface area contributed by atoms with Gasteiger partial charge in [-0.25, -0.2) is 4.79 Å². The Labute approximate surface area is 146 Å². The molecule has 0 radical (unpaired) electrons. The summed E-state index contributed by atoms with van der Waals surface area (Å²) in [5.41, 5.74) is 2.05. The zero-order valence-electron chi connectivity index (χ0n) is 14.7. The Balaban J connectivity index is 1.71. The summed E-state index contributed by atoms with van der Waals surface area (Å²) in [6.07, 6.45) is 5.46. The van der Waals surface area contributed by atoms with E-state index >= 15 is 0 Å².